The highest BCUT2D eigenvalue weighted by Gasteiger charge is 2.13. The molecule has 0 saturated heterocycles. The number of hydrazone groups is 1. The van der Waals surface area contributed by atoms with Crippen LogP contribution in [0.25, 0.3) is 11.0 Å². The van der Waals surface area contributed by atoms with E-state index in [4.69, 9.17) is 4.98 Å². The van der Waals surface area contributed by atoms with E-state index in [9.17, 15) is 4.79 Å². The standard InChI is InChI=1S/C23H23N5OS/c1-17-9-11-18(12-10-17)15-28-21-8-4-3-7-20(21)25-23(28)30-16-22(29)26-24-14-19-6-5-13-27(19)2/h3-14H,15-16H2,1-2H3,(H,26,29). The molecular weight excluding hydrogens is 394 g/mol. The van der Waals surface area contributed by atoms with Gasteiger partial charge < -0.3 is 9.13 Å². The summed E-state index contributed by atoms with van der Waals surface area (Å²) in [6, 6.07) is 20.4. The number of para-hydroxylation sites is 2. The number of benzene rings is 2. The Labute approximate surface area is 179 Å². The van der Waals surface area contributed by atoms with Crippen molar-refractivity contribution in [1.82, 2.24) is 19.5 Å². The predicted molar refractivity (Wildman–Crippen MR) is 122 cm³/mol. The van der Waals surface area contributed by atoms with Gasteiger partial charge in [-0.05, 0) is 36.8 Å². The van der Waals surface area contributed by atoms with Crippen molar-refractivity contribution in [1.29, 1.82) is 0 Å². The maximum absolute atomic E-state index is 12.3. The summed E-state index contributed by atoms with van der Waals surface area (Å²) in [7, 11) is 1.93. The van der Waals surface area contributed by atoms with Crippen LogP contribution in [0.1, 0.15) is 16.8 Å². The van der Waals surface area contributed by atoms with Crippen LogP contribution >= 0.6 is 11.8 Å². The van der Waals surface area contributed by atoms with Gasteiger partial charge in [-0.2, -0.15) is 5.10 Å². The van der Waals surface area contributed by atoms with Crippen molar-refractivity contribution in [3.05, 3.63) is 83.7 Å². The van der Waals surface area contributed by atoms with Gasteiger partial charge in [0.05, 0.1) is 35.2 Å². The average Bonchev–Trinajstić information content (AvgIpc) is 3.31. The van der Waals surface area contributed by atoms with Gasteiger partial charge in [-0.1, -0.05) is 53.7 Å². The van der Waals surface area contributed by atoms with Crippen LogP contribution in [-0.4, -0.2) is 32.0 Å². The van der Waals surface area contributed by atoms with Crippen LogP contribution < -0.4 is 5.43 Å². The fourth-order valence-corrected chi connectivity index (χ4v) is 3.94. The smallest absolute Gasteiger partial charge is 0.250 e. The lowest BCUT2D eigenvalue weighted by molar-refractivity contribution is -0.118. The third-order valence-corrected chi connectivity index (χ3v) is 5.76. The largest absolute Gasteiger partial charge is 0.350 e. The molecule has 0 aliphatic rings. The van der Waals surface area contributed by atoms with Gasteiger partial charge in [0.15, 0.2) is 5.16 Å². The predicted octanol–water partition coefficient (Wildman–Crippen LogP) is 3.97. The van der Waals surface area contributed by atoms with Crippen LogP contribution in [0.5, 0.6) is 0 Å². The number of hydrogen-bond donors (Lipinski definition) is 1. The van der Waals surface area contributed by atoms with Gasteiger partial charge in [-0.15, -0.1) is 0 Å². The summed E-state index contributed by atoms with van der Waals surface area (Å²) in [5, 5.41) is 4.86. The summed E-state index contributed by atoms with van der Waals surface area (Å²) in [6.45, 7) is 2.78. The minimum Gasteiger partial charge on any atom is -0.350 e. The lowest BCUT2D eigenvalue weighted by Crippen LogP contribution is -2.20. The first-order valence-electron chi connectivity index (χ1n) is 9.67. The molecule has 4 rings (SSSR count). The van der Waals surface area contributed by atoms with E-state index in [0.717, 1.165) is 21.9 Å². The molecular formula is C23H23N5OS. The molecule has 152 valence electrons. The number of rotatable bonds is 7. The lowest BCUT2D eigenvalue weighted by Gasteiger charge is -2.09. The first-order valence-corrected chi connectivity index (χ1v) is 10.7. The van der Waals surface area contributed by atoms with Gasteiger partial charge in [-0.25, -0.2) is 10.4 Å². The number of hydrogen-bond acceptors (Lipinski definition) is 4. The van der Waals surface area contributed by atoms with E-state index in [1.165, 1.54) is 22.9 Å². The topological polar surface area (TPSA) is 64.2 Å². The second-order valence-corrected chi connectivity index (χ2v) is 8.02. The van der Waals surface area contributed by atoms with Crippen LogP contribution in [0, 0.1) is 6.92 Å². The van der Waals surface area contributed by atoms with Gasteiger partial charge in [0, 0.05) is 13.2 Å². The molecule has 2 aromatic heterocycles. The quantitative estimate of drug-likeness (QED) is 0.281. The van der Waals surface area contributed by atoms with E-state index in [2.05, 4.69) is 52.3 Å². The second kappa shape index (κ2) is 9.00. The normalized spacial score (nSPS) is 11.4. The minimum absolute atomic E-state index is 0.167. The average molecular weight is 418 g/mol. The molecule has 0 saturated carbocycles. The summed E-state index contributed by atoms with van der Waals surface area (Å²) in [6.07, 6.45) is 3.56. The zero-order valence-electron chi connectivity index (χ0n) is 16.9. The number of imidazole rings is 1. The third-order valence-electron chi connectivity index (χ3n) is 4.78. The number of nitrogens with one attached hydrogen (secondary N) is 1. The van der Waals surface area contributed by atoms with Crippen molar-refractivity contribution < 1.29 is 4.79 Å². The highest BCUT2D eigenvalue weighted by atomic mass is 32.2. The van der Waals surface area contributed by atoms with Crippen molar-refractivity contribution in [2.24, 2.45) is 12.1 Å². The molecule has 4 aromatic rings. The molecule has 0 fully saturated rings. The molecule has 6 nitrogen and oxygen atoms in total. The van der Waals surface area contributed by atoms with Crippen molar-refractivity contribution >= 4 is 34.9 Å². The monoisotopic (exact) mass is 417 g/mol. The van der Waals surface area contributed by atoms with E-state index in [1.807, 2.05) is 48.1 Å². The van der Waals surface area contributed by atoms with Crippen LogP contribution in [0.3, 0.4) is 0 Å². The molecule has 30 heavy (non-hydrogen) atoms. The zero-order valence-corrected chi connectivity index (χ0v) is 17.8. The van der Waals surface area contributed by atoms with E-state index >= 15 is 0 Å². The number of aromatic nitrogens is 3. The molecule has 0 bridgehead atoms. The Bertz CT molecular complexity index is 1190. The van der Waals surface area contributed by atoms with Gasteiger partial charge in [0.1, 0.15) is 0 Å². The zero-order chi connectivity index (χ0) is 20.9. The molecule has 0 radical (unpaired) electrons. The van der Waals surface area contributed by atoms with Gasteiger partial charge >= 0.3 is 0 Å². The Hall–Kier alpha value is -3.32. The maximum atomic E-state index is 12.3. The van der Waals surface area contributed by atoms with Crippen LogP contribution in [0.15, 0.2) is 77.1 Å². The van der Waals surface area contributed by atoms with Crippen LogP contribution in [0.4, 0.5) is 0 Å². The SMILES string of the molecule is Cc1ccc(Cn2c(SCC(=O)NN=Cc3cccn3C)nc3ccccc32)cc1. The molecule has 7 heteroatoms. The summed E-state index contributed by atoms with van der Waals surface area (Å²) in [5.41, 5.74) is 7.92. The fraction of sp³-hybridized carbons (Fsp3) is 0.174. The van der Waals surface area contributed by atoms with Crippen molar-refractivity contribution in [2.75, 3.05) is 5.75 Å². The number of amides is 1. The highest BCUT2D eigenvalue weighted by Crippen LogP contribution is 2.25. The molecule has 0 aliphatic carbocycles. The molecule has 0 aliphatic heterocycles. The van der Waals surface area contributed by atoms with E-state index < -0.39 is 0 Å². The van der Waals surface area contributed by atoms with E-state index in [1.54, 1.807) is 6.21 Å². The van der Waals surface area contributed by atoms with Gasteiger partial charge in [0.25, 0.3) is 5.91 Å². The Balaban J connectivity index is 1.46. The van der Waals surface area contributed by atoms with Crippen LogP contribution in [-0.2, 0) is 18.4 Å². The van der Waals surface area contributed by atoms with Gasteiger partial charge in [-0.3, -0.25) is 4.79 Å². The second-order valence-electron chi connectivity index (χ2n) is 7.08. The molecule has 2 heterocycles. The van der Waals surface area contributed by atoms with E-state index in [-0.39, 0.29) is 11.7 Å². The number of nitrogens with zero attached hydrogens (tertiary/aromatic N) is 4. The Morgan fingerprint density at radius 2 is 1.93 bits per heavy atom. The summed E-state index contributed by atoms with van der Waals surface area (Å²) >= 11 is 1.42. The van der Waals surface area contributed by atoms with Crippen molar-refractivity contribution in [3.8, 4) is 0 Å². The molecule has 1 N–H and O–H groups in total. The fourth-order valence-electron chi connectivity index (χ4n) is 3.13. The molecule has 0 atom stereocenters. The maximum Gasteiger partial charge on any atom is 0.250 e. The Morgan fingerprint density at radius 3 is 2.70 bits per heavy atom. The van der Waals surface area contributed by atoms with Crippen molar-refractivity contribution in [2.45, 2.75) is 18.6 Å². The van der Waals surface area contributed by atoms with Crippen LogP contribution in [0.2, 0.25) is 0 Å². The summed E-state index contributed by atoms with van der Waals surface area (Å²) < 4.78 is 4.09. The molecule has 2 aromatic carbocycles. The Kier molecular flexibility index (Phi) is 5.99. The van der Waals surface area contributed by atoms with Gasteiger partial charge in [0.2, 0.25) is 0 Å². The third kappa shape index (κ3) is 4.63. The number of carbonyl (C=O) groups excluding carboxylic acids is 1. The van der Waals surface area contributed by atoms with E-state index in [0.29, 0.717) is 6.54 Å². The Morgan fingerprint density at radius 1 is 1.13 bits per heavy atom. The highest BCUT2D eigenvalue weighted by molar-refractivity contribution is 7.99. The minimum atomic E-state index is -0.167. The number of carbonyl (C=O) groups is 1. The first-order chi connectivity index (χ1) is 14.6. The number of thioether (sulfide) groups is 1. The lowest BCUT2D eigenvalue weighted by atomic mass is 10.1. The first kappa shape index (κ1) is 20.0. The van der Waals surface area contributed by atoms with Crippen molar-refractivity contribution in [3.63, 3.8) is 0 Å². The summed E-state index contributed by atoms with van der Waals surface area (Å²) in [4.78, 5) is 17.0. The number of fused-ring (bicyclic) bond motifs is 1. The molecule has 1 amide bonds. The molecule has 0 spiro atoms. The number of aryl methyl sites for hydroxylation is 2. The molecule has 0 unspecified atom stereocenters. The summed E-state index contributed by atoms with van der Waals surface area (Å²) in [5.74, 6) is 0.0706.